The summed E-state index contributed by atoms with van der Waals surface area (Å²) in [4.78, 5) is 11.5. The lowest BCUT2D eigenvalue weighted by Gasteiger charge is -2.11. The lowest BCUT2D eigenvalue weighted by molar-refractivity contribution is -0.118. The second-order valence-corrected chi connectivity index (χ2v) is 3.28. The minimum Gasteiger partial charge on any atom is -0.383 e. The van der Waals surface area contributed by atoms with Gasteiger partial charge in [-0.2, -0.15) is 0 Å². The van der Waals surface area contributed by atoms with Gasteiger partial charge in [-0.3, -0.25) is 4.79 Å². The maximum absolute atomic E-state index is 11.5. The number of hydrogen-bond acceptors (Lipinski definition) is 3. The Morgan fingerprint density at radius 2 is 2.44 bits per heavy atom. The fraction of sp³-hybridized carbons (Fsp3) is 0.250. The van der Waals surface area contributed by atoms with Crippen LogP contribution in [0.15, 0.2) is 24.3 Å². The van der Waals surface area contributed by atoms with E-state index in [2.05, 4.69) is 11.2 Å². The molecule has 16 heavy (non-hydrogen) atoms. The van der Waals surface area contributed by atoms with Gasteiger partial charge in [-0.05, 0) is 18.2 Å². The van der Waals surface area contributed by atoms with Crippen LogP contribution < -0.4 is 11.1 Å². The zero-order valence-electron chi connectivity index (χ0n) is 9.07. The van der Waals surface area contributed by atoms with Gasteiger partial charge in [0.1, 0.15) is 6.04 Å². The summed E-state index contributed by atoms with van der Waals surface area (Å²) >= 11 is 0. The predicted octanol–water partition coefficient (Wildman–Crippen LogP) is 0.580. The number of amides is 1. The molecular weight excluding hydrogens is 204 g/mol. The molecule has 84 valence electrons. The van der Waals surface area contributed by atoms with Crippen LogP contribution in [0.3, 0.4) is 0 Å². The van der Waals surface area contributed by atoms with Gasteiger partial charge in [0.2, 0.25) is 5.91 Å². The van der Waals surface area contributed by atoms with Gasteiger partial charge in [0.25, 0.3) is 0 Å². The second-order valence-electron chi connectivity index (χ2n) is 3.28. The van der Waals surface area contributed by atoms with E-state index in [9.17, 15) is 4.79 Å². The molecule has 1 aromatic rings. The van der Waals surface area contributed by atoms with E-state index in [1.165, 1.54) is 7.11 Å². The summed E-state index contributed by atoms with van der Waals surface area (Å²) in [6.45, 7) is 0.181. The highest BCUT2D eigenvalue weighted by Crippen LogP contribution is 2.09. The van der Waals surface area contributed by atoms with Crippen LogP contribution in [-0.2, 0) is 9.53 Å². The Bertz CT molecular complexity index is 410. The monoisotopic (exact) mass is 218 g/mol. The molecule has 1 amide bonds. The number of benzene rings is 1. The third-order valence-electron chi connectivity index (χ3n) is 1.98. The Kier molecular flexibility index (Phi) is 4.52. The van der Waals surface area contributed by atoms with Gasteiger partial charge in [-0.15, -0.1) is 6.42 Å². The number of anilines is 1. The predicted molar refractivity (Wildman–Crippen MR) is 62.9 cm³/mol. The van der Waals surface area contributed by atoms with Crippen LogP contribution in [0.4, 0.5) is 5.69 Å². The largest absolute Gasteiger partial charge is 0.383 e. The summed E-state index contributed by atoms with van der Waals surface area (Å²) in [6, 6.07) is 6.33. The molecule has 0 radical (unpaired) electrons. The molecule has 1 unspecified atom stereocenters. The molecule has 4 nitrogen and oxygen atoms in total. The first-order valence-corrected chi connectivity index (χ1v) is 4.79. The van der Waals surface area contributed by atoms with Crippen LogP contribution in [-0.4, -0.2) is 25.7 Å². The zero-order chi connectivity index (χ0) is 12.0. The summed E-state index contributed by atoms with van der Waals surface area (Å²) in [7, 11) is 1.49. The Labute approximate surface area is 94.8 Å². The molecule has 0 aromatic heterocycles. The highest BCUT2D eigenvalue weighted by Gasteiger charge is 2.12. The normalized spacial score (nSPS) is 11.6. The number of hydrogen-bond donors (Lipinski definition) is 2. The number of nitrogens with two attached hydrogens (primary N) is 1. The topological polar surface area (TPSA) is 64.4 Å². The number of carbonyl (C=O) groups is 1. The van der Waals surface area contributed by atoms with Crippen molar-refractivity contribution < 1.29 is 9.53 Å². The summed E-state index contributed by atoms with van der Waals surface area (Å²) in [5.74, 6) is 2.19. The van der Waals surface area contributed by atoms with Crippen molar-refractivity contribution in [3.8, 4) is 12.3 Å². The van der Waals surface area contributed by atoms with Crippen molar-refractivity contribution in [3.05, 3.63) is 29.8 Å². The molecule has 0 spiro atoms. The van der Waals surface area contributed by atoms with Crippen molar-refractivity contribution in [2.24, 2.45) is 5.73 Å². The highest BCUT2D eigenvalue weighted by atomic mass is 16.5. The van der Waals surface area contributed by atoms with Crippen molar-refractivity contribution in [1.82, 2.24) is 0 Å². The quantitative estimate of drug-likeness (QED) is 0.727. The van der Waals surface area contributed by atoms with Gasteiger partial charge in [0.15, 0.2) is 0 Å². The number of methoxy groups -OCH3 is 1. The van der Waals surface area contributed by atoms with Crippen LogP contribution in [0.1, 0.15) is 5.56 Å². The van der Waals surface area contributed by atoms with Crippen LogP contribution in [0.25, 0.3) is 0 Å². The van der Waals surface area contributed by atoms with E-state index >= 15 is 0 Å². The molecule has 0 fully saturated rings. The van der Waals surface area contributed by atoms with Crippen LogP contribution >= 0.6 is 0 Å². The first kappa shape index (κ1) is 12.2. The van der Waals surface area contributed by atoms with E-state index in [0.29, 0.717) is 11.3 Å². The molecule has 1 atom stereocenters. The van der Waals surface area contributed by atoms with Gasteiger partial charge in [-0.25, -0.2) is 0 Å². The number of nitrogens with one attached hydrogen (secondary N) is 1. The van der Waals surface area contributed by atoms with Crippen molar-refractivity contribution in [2.45, 2.75) is 6.04 Å². The van der Waals surface area contributed by atoms with Crippen LogP contribution in [0.5, 0.6) is 0 Å². The summed E-state index contributed by atoms with van der Waals surface area (Å²) in [5, 5.41) is 2.66. The number of carbonyl (C=O) groups excluding carboxylic acids is 1. The minimum atomic E-state index is -0.681. The fourth-order valence-corrected chi connectivity index (χ4v) is 1.18. The molecule has 1 aromatic carbocycles. The standard InChI is InChI=1S/C12H14N2O2/c1-3-9-5-4-6-10(7-9)14-12(15)11(13)8-16-2/h1,4-7,11H,8,13H2,2H3,(H,14,15). The highest BCUT2D eigenvalue weighted by molar-refractivity contribution is 5.94. The molecule has 3 N–H and O–H groups in total. The maximum Gasteiger partial charge on any atom is 0.243 e. The molecule has 0 saturated carbocycles. The smallest absolute Gasteiger partial charge is 0.243 e. The van der Waals surface area contributed by atoms with Crippen molar-refractivity contribution in [1.29, 1.82) is 0 Å². The van der Waals surface area contributed by atoms with Gasteiger partial charge in [0, 0.05) is 18.4 Å². The first-order chi connectivity index (χ1) is 7.67. The molecular formula is C12H14N2O2. The molecule has 0 saturated heterocycles. The van der Waals surface area contributed by atoms with E-state index in [-0.39, 0.29) is 12.5 Å². The van der Waals surface area contributed by atoms with Crippen molar-refractivity contribution >= 4 is 11.6 Å². The molecule has 0 aliphatic heterocycles. The Morgan fingerprint density at radius 3 is 3.06 bits per heavy atom. The van der Waals surface area contributed by atoms with Gasteiger partial charge in [0.05, 0.1) is 6.61 Å². The van der Waals surface area contributed by atoms with E-state index < -0.39 is 6.04 Å². The summed E-state index contributed by atoms with van der Waals surface area (Å²) < 4.78 is 4.79. The Hall–Kier alpha value is -1.83. The number of ether oxygens (including phenoxy) is 1. The lowest BCUT2D eigenvalue weighted by Crippen LogP contribution is -2.39. The zero-order valence-corrected chi connectivity index (χ0v) is 9.07. The SMILES string of the molecule is C#Cc1cccc(NC(=O)C(N)COC)c1. The van der Waals surface area contributed by atoms with Crippen LogP contribution in [0, 0.1) is 12.3 Å². The first-order valence-electron chi connectivity index (χ1n) is 4.79. The molecule has 4 heteroatoms. The van der Waals surface area contributed by atoms with E-state index in [4.69, 9.17) is 16.9 Å². The average Bonchev–Trinajstić information content (AvgIpc) is 2.29. The fourth-order valence-electron chi connectivity index (χ4n) is 1.18. The lowest BCUT2D eigenvalue weighted by atomic mass is 10.2. The average molecular weight is 218 g/mol. The molecule has 0 heterocycles. The third-order valence-corrected chi connectivity index (χ3v) is 1.98. The van der Waals surface area contributed by atoms with Crippen LogP contribution in [0.2, 0.25) is 0 Å². The van der Waals surface area contributed by atoms with E-state index in [0.717, 1.165) is 0 Å². The summed E-state index contributed by atoms with van der Waals surface area (Å²) in [5.41, 5.74) is 6.91. The molecule has 0 aliphatic rings. The Morgan fingerprint density at radius 1 is 1.69 bits per heavy atom. The van der Waals surface area contributed by atoms with Crippen molar-refractivity contribution in [2.75, 3.05) is 19.0 Å². The van der Waals surface area contributed by atoms with Crippen molar-refractivity contribution in [3.63, 3.8) is 0 Å². The third kappa shape index (κ3) is 3.39. The maximum atomic E-state index is 11.5. The Balaban J connectivity index is 2.66. The van der Waals surface area contributed by atoms with E-state index in [1.54, 1.807) is 24.3 Å². The van der Waals surface area contributed by atoms with Gasteiger partial charge < -0.3 is 15.8 Å². The second kappa shape index (κ2) is 5.91. The van der Waals surface area contributed by atoms with Gasteiger partial charge >= 0.3 is 0 Å². The molecule has 0 bridgehead atoms. The molecule has 1 rings (SSSR count). The number of terminal acetylenes is 1. The van der Waals surface area contributed by atoms with Gasteiger partial charge in [-0.1, -0.05) is 12.0 Å². The summed E-state index contributed by atoms with van der Waals surface area (Å²) in [6.07, 6.45) is 5.25. The van der Waals surface area contributed by atoms with E-state index in [1.807, 2.05) is 0 Å². The minimum absolute atomic E-state index is 0.181. The molecule has 0 aliphatic carbocycles. The number of rotatable bonds is 4.